The summed E-state index contributed by atoms with van der Waals surface area (Å²) in [5.41, 5.74) is 3.02. The molecular formula is C21H26FN3O2. The summed E-state index contributed by atoms with van der Waals surface area (Å²) < 4.78 is 20.7. The summed E-state index contributed by atoms with van der Waals surface area (Å²) in [5, 5.41) is 4.55. The zero-order chi connectivity index (χ0) is 18.8. The number of amides is 1. The van der Waals surface area contributed by atoms with Crippen LogP contribution in [0.4, 0.5) is 4.39 Å². The van der Waals surface area contributed by atoms with Gasteiger partial charge >= 0.3 is 0 Å². The second kappa shape index (κ2) is 7.71. The maximum Gasteiger partial charge on any atom is 0.274 e. The van der Waals surface area contributed by atoms with Gasteiger partial charge in [0.05, 0.1) is 6.61 Å². The predicted octanol–water partition coefficient (Wildman–Crippen LogP) is 3.37. The van der Waals surface area contributed by atoms with E-state index in [-0.39, 0.29) is 17.6 Å². The van der Waals surface area contributed by atoms with Gasteiger partial charge in [-0.1, -0.05) is 0 Å². The molecule has 1 aliphatic carbocycles. The molecule has 1 atom stereocenters. The van der Waals surface area contributed by atoms with Crippen LogP contribution in [0.25, 0.3) is 0 Å². The van der Waals surface area contributed by atoms with E-state index < -0.39 is 0 Å². The second-order valence-corrected chi connectivity index (χ2v) is 7.63. The standard InChI is InChI=1S/C21H26FN3O2/c1-24-19-7-3-2-6-18(19)20(23-24)21(26)25-12-4-5-15(13-25)14-27-17-10-8-16(22)9-11-17/h8-11,15H,2-7,12-14H2,1H3/t15-/m1/s1. The molecule has 1 aromatic carbocycles. The van der Waals surface area contributed by atoms with E-state index in [1.165, 1.54) is 24.2 Å². The largest absolute Gasteiger partial charge is 0.493 e. The second-order valence-electron chi connectivity index (χ2n) is 7.63. The van der Waals surface area contributed by atoms with Crippen LogP contribution in [0.1, 0.15) is 47.4 Å². The molecular weight excluding hydrogens is 345 g/mol. The zero-order valence-electron chi connectivity index (χ0n) is 15.8. The number of nitrogens with zero attached hydrogens (tertiary/aromatic N) is 3. The molecule has 2 aromatic rings. The first-order valence-electron chi connectivity index (χ1n) is 9.84. The molecule has 5 nitrogen and oxygen atoms in total. The number of fused-ring (bicyclic) bond motifs is 1. The summed E-state index contributed by atoms with van der Waals surface area (Å²) in [6.07, 6.45) is 6.28. The quantitative estimate of drug-likeness (QED) is 0.828. The molecule has 1 saturated heterocycles. The predicted molar refractivity (Wildman–Crippen MR) is 100 cm³/mol. The number of aryl methyl sites for hydroxylation is 1. The van der Waals surface area contributed by atoms with Crippen LogP contribution >= 0.6 is 0 Å². The highest BCUT2D eigenvalue weighted by Crippen LogP contribution is 2.26. The van der Waals surface area contributed by atoms with Crippen molar-refractivity contribution in [3.63, 3.8) is 0 Å². The van der Waals surface area contributed by atoms with Crippen LogP contribution in [0.5, 0.6) is 5.75 Å². The number of hydrogen-bond acceptors (Lipinski definition) is 3. The van der Waals surface area contributed by atoms with E-state index in [1.807, 2.05) is 16.6 Å². The van der Waals surface area contributed by atoms with E-state index in [9.17, 15) is 9.18 Å². The van der Waals surface area contributed by atoms with Crippen molar-refractivity contribution in [2.45, 2.75) is 38.5 Å². The third-order valence-electron chi connectivity index (χ3n) is 5.67. The number of aromatic nitrogens is 2. The molecule has 2 aliphatic rings. The van der Waals surface area contributed by atoms with E-state index in [4.69, 9.17) is 4.74 Å². The molecule has 27 heavy (non-hydrogen) atoms. The molecule has 0 saturated carbocycles. The highest BCUT2D eigenvalue weighted by Gasteiger charge is 2.30. The van der Waals surface area contributed by atoms with Crippen molar-refractivity contribution >= 4 is 5.91 Å². The van der Waals surface area contributed by atoms with Gasteiger partial charge in [-0.25, -0.2) is 4.39 Å². The lowest BCUT2D eigenvalue weighted by Crippen LogP contribution is -2.42. The van der Waals surface area contributed by atoms with E-state index >= 15 is 0 Å². The normalized spacial score (nSPS) is 19.6. The molecule has 1 amide bonds. The number of hydrogen-bond donors (Lipinski definition) is 0. The molecule has 6 heteroatoms. The topological polar surface area (TPSA) is 47.4 Å². The van der Waals surface area contributed by atoms with Gasteiger partial charge < -0.3 is 9.64 Å². The third-order valence-corrected chi connectivity index (χ3v) is 5.67. The van der Waals surface area contributed by atoms with Gasteiger partial charge in [-0.15, -0.1) is 0 Å². The Morgan fingerprint density at radius 3 is 2.81 bits per heavy atom. The number of carbonyl (C=O) groups excluding carboxylic acids is 1. The van der Waals surface area contributed by atoms with Crippen molar-refractivity contribution in [1.29, 1.82) is 0 Å². The Morgan fingerprint density at radius 1 is 1.22 bits per heavy atom. The molecule has 0 radical (unpaired) electrons. The molecule has 0 unspecified atom stereocenters. The van der Waals surface area contributed by atoms with Crippen LogP contribution in [0.3, 0.4) is 0 Å². The van der Waals surface area contributed by atoms with Gasteiger partial charge in [0.15, 0.2) is 5.69 Å². The van der Waals surface area contributed by atoms with Crippen molar-refractivity contribution in [1.82, 2.24) is 14.7 Å². The molecule has 0 spiro atoms. The van der Waals surface area contributed by atoms with Crippen molar-refractivity contribution in [2.24, 2.45) is 13.0 Å². The van der Waals surface area contributed by atoms with Crippen molar-refractivity contribution in [3.05, 3.63) is 47.0 Å². The molecule has 4 rings (SSSR count). The average molecular weight is 371 g/mol. The van der Waals surface area contributed by atoms with Gasteiger partial charge in [0.2, 0.25) is 0 Å². The van der Waals surface area contributed by atoms with Crippen molar-refractivity contribution in [2.75, 3.05) is 19.7 Å². The van der Waals surface area contributed by atoms with Gasteiger partial charge in [0.1, 0.15) is 11.6 Å². The fraction of sp³-hybridized carbons (Fsp3) is 0.524. The number of rotatable bonds is 4. The molecule has 2 heterocycles. The first kappa shape index (κ1) is 18.0. The summed E-state index contributed by atoms with van der Waals surface area (Å²) in [6.45, 7) is 2.00. The number of piperidine rings is 1. The maximum absolute atomic E-state index is 13.1. The summed E-state index contributed by atoms with van der Waals surface area (Å²) in [7, 11) is 1.94. The number of benzene rings is 1. The first-order chi connectivity index (χ1) is 13.1. The Morgan fingerprint density at radius 2 is 2.00 bits per heavy atom. The van der Waals surface area contributed by atoms with Gasteiger partial charge in [0, 0.05) is 37.3 Å². The monoisotopic (exact) mass is 371 g/mol. The minimum atomic E-state index is -0.268. The van der Waals surface area contributed by atoms with Gasteiger partial charge in [0.25, 0.3) is 5.91 Å². The minimum absolute atomic E-state index is 0.0558. The Bertz CT molecular complexity index is 816. The van der Waals surface area contributed by atoms with Crippen molar-refractivity contribution in [3.8, 4) is 5.75 Å². The molecule has 144 valence electrons. The van der Waals surface area contributed by atoms with Crippen LogP contribution in [-0.2, 0) is 19.9 Å². The Kier molecular flexibility index (Phi) is 5.14. The summed E-state index contributed by atoms with van der Waals surface area (Å²) in [4.78, 5) is 15.0. The first-order valence-corrected chi connectivity index (χ1v) is 9.84. The zero-order valence-corrected chi connectivity index (χ0v) is 15.8. The molecule has 0 bridgehead atoms. The van der Waals surface area contributed by atoms with E-state index in [1.54, 1.807) is 12.1 Å². The SMILES string of the molecule is Cn1nc(C(=O)N2CCC[C@@H](COc3ccc(F)cc3)C2)c2c1CCCC2. The van der Waals surface area contributed by atoms with Crippen LogP contribution in [0, 0.1) is 11.7 Å². The number of carbonyl (C=O) groups is 1. The highest BCUT2D eigenvalue weighted by molar-refractivity contribution is 5.94. The van der Waals surface area contributed by atoms with Crippen LogP contribution < -0.4 is 4.74 Å². The van der Waals surface area contributed by atoms with E-state index in [0.29, 0.717) is 24.6 Å². The van der Waals surface area contributed by atoms with Crippen LogP contribution in [0.15, 0.2) is 24.3 Å². The Labute approximate surface area is 159 Å². The van der Waals surface area contributed by atoms with E-state index in [2.05, 4.69) is 5.10 Å². The lowest BCUT2D eigenvalue weighted by molar-refractivity contribution is 0.0625. The summed E-state index contributed by atoms with van der Waals surface area (Å²) in [6, 6.07) is 6.08. The van der Waals surface area contributed by atoms with Gasteiger partial charge in [-0.3, -0.25) is 9.48 Å². The smallest absolute Gasteiger partial charge is 0.274 e. The van der Waals surface area contributed by atoms with E-state index in [0.717, 1.165) is 44.2 Å². The molecule has 0 N–H and O–H groups in total. The maximum atomic E-state index is 13.1. The molecule has 1 aromatic heterocycles. The molecule has 1 aliphatic heterocycles. The summed E-state index contributed by atoms with van der Waals surface area (Å²) >= 11 is 0. The van der Waals surface area contributed by atoms with Gasteiger partial charge in [-0.2, -0.15) is 5.10 Å². The highest BCUT2D eigenvalue weighted by atomic mass is 19.1. The fourth-order valence-electron chi connectivity index (χ4n) is 4.22. The number of halogens is 1. The summed E-state index contributed by atoms with van der Waals surface area (Å²) in [5.74, 6) is 0.738. The third kappa shape index (κ3) is 3.84. The lowest BCUT2D eigenvalue weighted by atomic mass is 9.94. The van der Waals surface area contributed by atoms with Crippen LogP contribution in [0.2, 0.25) is 0 Å². The van der Waals surface area contributed by atoms with Gasteiger partial charge in [-0.05, 0) is 62.8 Å². The Balaban J connectivity index is 1.40. The number of ether oxygens (including phenoxy) is 1. The lowest BCUT2D eigenvalue weighted by Gasteiger charge is -2.32. The fourth-order valence-corrected chi connectivity index (χ4v) is 4.22. The van der Waals surface area contributed by atoms with Crippen LogP contribution in [-0.4, -0.2) is 40.3 Å². The number of likely N-dealkylation sites (tertiary alicyclic amines) is 1. The molecule has 1 fully saturated rings. The average Bonchev–Trinajstić information content (AvgIpc) is 3.04. The Hall–Kier alpha value is -2.37. The minimum Gasteiger partial charge on any atom is -0.493 e. The van der Waals surface area contributed by atoms with Crippen molar-refractivity contribution < 1.29 is 13.9 Å².